The number of sulfonamides is 1. The molecule has 16 heteroatoms. The van der Waals surface area contributed by atoms with Crippen molar-refractivity contribution in [3.63, 3.8) is 0 Å². The van der Waals surface area contributed by atoms with Crippen LogP contribution in [0.5, 0.6) is 0 Å². The van der Waals surface area contributed by atoms with Gasteiger partial charge in [0, 0.05) is 33.1 Å². The van der Waals surface area contributed by atoms with Crippen molar-refractivity contribution in [1.82, 2.24) is 9.79 Å². The molecule has 1 aromatic carbocycles. The first-order valence-corrected chi connectivity index (χ1v) is 19.3. The molecule has 0 aromatic heterocycles. The number of amides is 1. The first kappa shape index (κ1) is 39.6. The Morgan fingerprint density at radius 3 is 2.08 bits per heavy atom. The predicted octanol–water partition coefficient (Wildman–Crippen LogP) is 2.60. The quantitative estimate of drug-likeness (QED) is 0.176. The number of hydrogen-bond donors (Lipinski definition) is 1. The molecule has 288 valence electrons. The number of fused-ring (bicyclic) bond motifs is 1. The lowest BCUT2D eigenvalue weighted by atomic mass is 9.69. The molecule has 10 atom stereocenters. The molecular formula is C36H50N2O13S. The number of carbonyl (C=O) groups excluding carboxylic acids is 5. The summed E-state index contributed by atoms with van der Waals surface area (Å²) < 4.78 is 57.2. The third-order valence-electron chi connectivity index (χ3n) is 11.4. The number of carbonyl (C=O) groups is 5. The summed E-state index contributed by atoms with van der Waals surface area (Å²) in [5.74, 6) is -4.23. The van der Waals surface area contributed by atoms with Crippen LogP contribution in [0.1, 0.15) is 79.7 Å². The van der Waals surface area contributed by atoms with Crippen LogP contribution in [0, 0.1) is 22.7 Å². The van der Waals surface area contributed by atoms with Crippen LogP contribution in [0.2, 0.25) is 0 Å². The highest BCUT2D eigenvalue weighted by molar-refractivity contribution is 7.90. The highest BCUT2D eigenvalue weighted by Crippen LogP contribution is 2.70. The zero-order chi connectivity index (χ0) is 38.2. The van der Waals surface area contributed by atoms with Crippen LogP contribution in [-0.2, 0) is 69.1 Å². The average molecular weight is 751 g/mol. The van der Waals surface area contributed by atoms with Crippen molar-refractivity contribution in [2.24, 2.45) is 22.7 Å². The number of nitrogens with one attached hydrogen (secondary N) is 1. The zero-order valence-corrected chi connectivity index (χ0v) is 31.5. The Labute approximate surface area is 304 Å². The second kappa shape index (κ2) is 15.4. The molecule has 1 aromatic rings. The highest BCUT2D eigenvalue weighted by atomic mass is 32.2. The van der Waals surface area contributed by atoms with Gasteiger partial charge in [0.2, 0.25) is 10.0 Å². The van der Waals surface area contributed by atoms with E-state index in [1.807, 2.05) is 30.3 Å². The van der Waals surface area contributed by atoms with Gasteiger partial charge < -0.3 is 23.7 Å². The molecule has 2 aliphatic carbocycles. The van der Waals surface area contributed by atoms with Crippen LogP contribution in [0.25, 0.3) is 0 Å². The van der Waals surface area contributed by atoms with Gasteiger partial charge >= 0.3 is 23.9 Å². The van der Waals surface area contributed by atoms with Crippen LogP contribution >= 0.6 is 0 Å². The predicted molar refractivity (Wildman–Crippen MR) is 182 cm³/mol. The van der Waals surface area contributed by atoms with Gasteiger partial charge in [0.15, 0.2) is 18.3 Å². The summed E-state index contributed by atoms with van der Waals surface area (Å²) in [6.07, 6.45) is -4.25. The van der Waals surface area contributed by atoms with Gasteiger partial charge in [-0.15, -0.1) is 0 Å². The fourth-order valence-electron chi connectivity index (χ4n) is 8.93. The van der Waals surface area contributed by atoms with Gasteiger partial charge in [-0.05, 0) is 48.5 Å². The molecule has 5 rings (SSSR count). The molecule has 15 nitrogen and oxygen atoms in total. The minimum Gasteiger partial charge on any atom is -0.463 e. The molecule has 1 amide bonds. The number of ether oxygens (including phenoxy) is 5. The lowest BCUT2D eigenvalue weighted by Gasteiger charge is -2.45. The number of benzene rings is 1. The molecule has 0 radical (unpaired) electrons. The molecule has 2 aliphatic heterocycles. The van der Waals surface area contributed by atoms with E-state index in [9.17, 15) is 32.4 Å². The van der Waals surface area contributed by atoms with Crippen molar-refractivity contribution in [3.05, 3.63) is 35.9 Å². The summed E-state index contributed by atoms with van der Waals surface area (Å²) in [5.41, 5.74) is 2.82. The van der Waals surface area contributed by atoms with Gasteiger partial charge in [0.25, 0.3) is 5.91 Å². The molecule has 52 heavy (non-hydrogen) atoms. The van der Waals surface area contributed by atoms with Crippen molar-refractivity contribution in [1.29, 1.82) is 0 Å². The molecule has 4 fully saturated rings. The normalized spacial score (nSPS) is 32.3. The fraction of sp³-hybridized carbons (Fsp3) is 0.694. The monoisotopic (exact) mass is 750 g/mol. The molecule has 2 saturated carbocycles. The molecule has 1 spiro atoms. The summed E-state index contributed by atoms with van der Waals surface area (Å²) in [5, 5.41) is 0. The number of nitrogens with zero attached hydrogens (tertiary/aromatic N) is 1. The first-order valence-electron chi connectivity index (χ1n) is 17.7. The molecule has 0 unspecified atom stereocenters. The van der Waals surface area contributed by atoms with E-state index < -0.39 is 100 Å². The molecule has 2 heterocycles. The van der Waals surface area contributed by atoms with Crippen LogP contribution in [0.4, 0.5) is 0 Å². The van der Waals surface area contributed by atoms with Crippen molar-refractivity contribution >= 4 is 39.8 Å². The molecule has 4 aliphatic rings. The van der Waals surface area contributed by atoms with E-state index in [2.05, 4.69) is 19.3 Å². The fourth-order valence-corrected chi connectivity index (χ4v) is 11.5. The largest absolute Gasteiger partial charge is 0.463 e. The minimum atomic E-state index is -4.01. The van der Waals surface area contributed by atoms with Gasteiger partial charge in [-0.1, -0.05) is 51.1 Å². The van der Waals surface area contributed by atoms with Gasteiger partial charge in [-0.25, -0.2) is 12.7 Å². The van der Waals surface area contributed by atoms with E-state index in [0.29, 0.717) is 12.8 Å². The van der Waals surface area contributed by atoms with E-state index in [4.69, 9.17) is 28.5 Å². The van der Waals surface area contributed by atoms with Gasteiger partial charge in [-0.3, -0.25) is 28.8 Å². The van der Waals surface area contributed by atoms with E-state index >= 15 is 0 Å². The Morgan fingerprint density at radius 1 is 0.904 bits per heavy atom. The Hall–Kier alpha value is -3.60. The number of hydroxylamine groups is 1. The Morgan fingerprint density at radius 2 is 1.50 bits per heavy atom. The van der Waals surface area contributed by atoms with Crippen LogP contribution in [0.3, 0.4) is 0 Å². The maximum Gasteiger partial charge on any atom is 0.303 e. The topological polar surface area (TPSA) is 190 Å². The zero-order valence-electron chi connectivity index (χ0n) is 30.7. The Bertz CT molecular complexity index is 1640. The lowest BCUT2D eigenvalue weighted by molar-refractivity contribution is -0.255. The van der Waals surface area contributed by atoms with E-state index in [1.165, 1.54) is 6.92 Å². The standard InChI is InChI=1S/C36H50N2O13S/c1-20(15-27-31(48-22(3)40)33(50-24(5)42)32(49-23(4)41)28(51-27)18-46-21(2)39)30(37-47-17-25-11-9-8-10-12-25)34(43)38-29-16-26-13-14-36(29,35(26,6)7)19-52(38,44)45/h8-12,20,26-33,37H,13-19H2,1-7H3/t20-,26+,27+,28-,29+,30-,31-,32-,33-,36+/m1/s1. The minimum absolute atomic E-state index is 0.0611. The second-order valence-corrected chi connectivity index (χ2v) is 16.9. The Balaban J connectivity index is 1.48. The number of rotatable bonds is 13. The Kier molecular flexibility index (Phi) is 11.7. The van der Waals surface area contributed by atoms with Crippen molar-refractivity contribution in [2.75, 3.05) is 12.4 Å². The third kappa shape index (κ3) is 7.85. The lowest BCUT2D eigenvalue weighted by Crippen LogP contribution is -2.63. The summed E-state index contributed by atoms with van der Waals surface area (Å²) in [6, 6.07) is 7.46. The number of esters is 4. The maximum atomic E-state index is 14.7. The van der Waals surface area contributed by atoms with Crippen molar-refractivity contribution in [3.8, 4) is 0 Å². The SMILES string of the molecule is CC(=O)OC[C@H]1O[C@@H](C[C@@H](C)[C@@H](NOCc2ccccc2)C(=O)N2[C@H]3C[C@@H]4CC[C@@]3(CS2(=O)=O)C4(C)C)[C@@H](OC(C)=O)[C@@H](OC(C)=O)[C@@H]1OC(C)=O. The smallest absolute Gasteiger partial charge is 0.303 e. The average Bonchev–Trinajstić information content (AvgIpc) is 3.53. The molecular weight excluding hydrogens is 700 g/mol. The summed E-state index contributed by atoms with van der Waals surface area (Å²) in [6.45, 7) is 10.1. The number of hydrogen-bond acceptors (Lipinski definition) is 14. The van der Waals surface area contributed by atoms with E-state index in [-0.39, 0.29) is 30.1 Å². The van der Waals surface area contributed by atoms with Crippen LogP contribution in [0.15, 0.2) is 30.3 Å². The molecule has 2 bridgehead atoms. The third-order valence-corrected chi connectivity index (χ3v) is 13.4. The molecule has 1 N–H and O–H groups in total. The van der Waals surface area contributed by atoms with Crippen molar-refractivity contribution < 1.29 is 60.9 Å². The van der Waals surface area contributed by atoms with Gasteiger partial charge in [0.05, 0.1) is 24.5 Å². The first-order chi connectivity index (χ1) is 24.4. The maximum absolute atomic E-state index is 14.7. The van der Waals surface area contributed by atoms with E-state index in [1.54, 1.807) is 6.92 Å². The summed E-state index contributed by atoms with van der Waals surface area (Å²) >= 11 is 0. The molecule has 2 saturated heterocycles. The van der Waals surface area contributed by atoms with Crippen LogP contribution in [-0.4, -0.2) is 97.5 Å². The van der Waals surface area contributed by atoms with Gasteiger partial charge in [-0.2, -0.15) is 5.48 Å². The van der Waals surface area contributed by atoms with E-state index in [0.717, 1.165) is 37.1 Å². The second-order valence-electron chi connectivity index (χ2n) is 15.1. The summed E-state index contributed by atoms with van der Waals surface area (Å²) in [7, 11) is -4.01. The van der Waals surface area contributed by atoms with Gasteiger partial charge in [0.1, 0.15) is 18.8 Å². The summed E-state index contributed by atoms with van der Waals surface area (Å²) in [4.78, 5) is 69.3. The van der Waals surface area contributed by atoms with Crippen molar-refractivity contribution in [2.45, 2.75) is 123 Å². The highest BCUT2D eigenvalue weighted by Gasteiger charge is 2.72. The van der Waals surface area contributed by atoms with Crippen LogP contribution < -0.4 is 5.48 Å².